The SMILES string of the molecule is O=C1C(Cl)CCC1(Cl)Cl. The maximum atomic E-state index is 10.8. The summed E-state index contributed by atoms with van der Waals surface area (Å²) in [5.74, 6) is -0.257. The Bertz CT molecular complexity index is 143. The van der Waals surface area contributed by atoms with Crippen molar-refractivity contribution in [2.24, 2.45) is 0 Å². The van der Waals surface area contributed by atoms with E-state index in [4.69, 9.17) is 34.8 Å². The van der Waals surface area contributed by atoms with Crippen molar-refractivity contribution >= 4 is 40.6 Å². The fourth-order valence-corrected chi connectivity index (χ4v) is 1.68. The molecule has 0 aromatic carbocycles. The van der Waals surface area contributed by atoms with Crippen LogP contribution in [0.1, 0.15) is 12.8 Å². The fourth-order valence-electron chi connectivity index (χ4n) is 0.791. The lowest BCUT2D eigenvalue weighted by Gasteiger charge is -2.06. The molecule has 0 spiro atoms. The van der Waals surface area contributed by atoms with Gasteiger partial charge in [0.25, 0.3) is 0 Å². The highest BCUT2D eigenvalue weighted by Crippen LogP contribution is 2.38. The third-order valence-electron chi connectivity index (χ3n) is 1.36. The van der Waals surface area contributed by atoms with Gasteiger partial charge in [-0.05, 0) is 12.8 Å². The molecule has 1 saturated carbocycles. The molecular weight excluding hydrogens is 182 g/mol. The second-order valence-electron chi connectivity index (χ2n) is 2.07. The molecule has 1 nitrogen and oxygen atoms in total. The molecule has 9 heavy (non-hydrogen) atoms. The lowest BCUT2D eigenvalue weighted by molar-refractivity contribution is -0.117. The second kappa shape index (κ2) is 2.30. The maximum absolute atomic E-state index is 10.8. The summed E-state index contributed by atoms with van der Waals surface area (Å²) in [7, 11) is 0. The summed E-state index contributed by atoms with van der Waals surface area (Å²) in [5.41, 5.74) is 0. The van der Waals surface area contributed by atoms with Crippen LogP contribution in [0.2, 0.25) is 0 Å². The highest BCUT2D eigenvalue weighted by Gasteiger charge is 2.43. The van der Waals surface area contributed by atoms with E-state index in [0.29, 0.717) is 12.8 Å². The van der Waals surface area contributed by atoms with Gasteiger partial charge < -0.3 is 0 Å². The van der Waals surface area contributed by atoms with Gasteiger partial charge in [0.05, 0.1) is 5.38 Å². The van der Waals surface area contributed by atoms with Gasteiger partial charge >= 0.3 is 0 Å². The van der Waals surface area contributed by atoms with Crippen molar-refractivity contribution in [1.29, 1.82) is 0 Å². The molecule has 0 amide bonds. The highest BCUT2D eigenvalue weighted by molar-refractivity contribution is 6.61. The van der Waals surface area contributed by atoms with Gasteiger partial charge in [-0.15, -0.1) is 11.6 Å². The van der Waals surface area contributed by atoms with E-state index in [2.05, 4.69) is 0 Å². The standard InChI is InChI=1S/C5H5Cl3O/c6-3-1-2-5(7,8)4(3)9/h3H,1-2H2. The molecule has 1 rings (SSSR count). The number of hydrogen-bond donors (Lipinski definition) is 0. The number of hydrogen-bond acceptors (Lipinski definition) is 1. The maximum Gasteiger partial charge on any atom is 0.186 e. The van der Waals surface area contributed by atoms with Gasteiger partial charge in [0.1, 0.15) is 0 Å². The molecule has 0 bridgehead atoms. The summed E-state index contributed by atoms with van der Waals surface area (Å²) in [6.45, 7) is 0. The largest absolute Gasteiger partial charge is 0.295 e. The molecule has 0 radical (unpaired) electrons. The van der Waals surface area contributed by atoms with Crippen LogP contribution in [0.5, 0.6) is 0 Å². The molecule has 0 aromatic heterocycles. The number of rotatable bonds is 0. The van der Waals surface area contributed by atoms with E-state index >= 15 is 0 Å². The van der Waals surface area contributed by atoms with Gasteiger partial charge in [-0.25, -0.2) is 0 Å². The summed E-state index contributed by atoms with van der Waals surface area (Å²) in [5, 5.41) is -0.472. The van der Waals surface area contributed by atoms with E-state index in [1.165, 1.54) is 0 Å². The molecule has 4 heteroatoms. The summed E-state index contributed by atoms with van der Waals surface area (Å²) in [6, 6.07) is 0. The van der Waals surface area contributed by atoms with E-state index in [0.717, 1.165) is 0 Å². The molecule has 0 aliphatic heterocycles. The average molecular weight is 187 g/mol. The van der Waals surface area contributed by atoms with Gasteiger partial charge in [-0.2, -0.15) is 0 Å². The Morgan fingerprint density at radius 1 is 1.56 bits per heavy atom. The van der Waals surface area contributed by atoms with E-state index in [9.17, 15) is 4.79 Å². The van der Waals surface area contributed by atoms with Gasteiger partial charge in [0.15, 0.2) is 10.1 Å². The zero-order chi connectivity index (χ0) is 7.07. The van der Waals surface area contributed by atoms with Gasteiger partial charge in [-0.3, -0.25) is 4.79 Å². The fraction of sp³-hybridized carbons (Fsp3) is 0.800. The summed E-state index contributed by atoms with van der Waals surface area (Å²) >= 11 is 16.6. The highest BCUT2D eigenvalue weighted by atomic mass is 35.5. The number of carbonyl (C=O) groups is 1. The first-order chi connectivity index (χ1) is 4.04. The molecule has 52 valence electrons. The minimum Gasteiger partial charge on any atom is -0.295 e. The van der Waals surface area contributed by atoms with Crippen molar-refractivity contribution in [2.75, 3.05) is 0 Å². The second-order valence-corrected chi connectivity index (χ2v) is 4.09. The number of ketones is 1. The minimum absolute atomic E-state index is 0.257. The molecule has 0 aromatic rings. The molecule has 0 saturated heterocycles. The van der Waals surface area contributed by atoms with Gasteiger partial charge in [-0.1, -0.05) is 23.2 Å². The Balaban J connectivity index is 2.74. The van der Waals surface area contributed by atoms with Crippen molar-refractivity contribution in [3.8, 4) is 0 Å². The van der Waals surface area contributed by atoms with E-state index in [-0.39, 0.29) is 5.78 Å². The minimum atomic E-state index is -1.20. The summed E-state index contributed by atoms with van der Waals surface area (Å²) in [4.78, 5) is 10.8. The Labute approximate surface area is 68.3 Å². The Morgan fingerprint density at radius 2 is 2.11 bits per heavy atom. The van der Waals surface area contributed by atoms with Crippen LogP contribution in [0.4, 0.5) is 0 Å². The molecular formula is C5H5Cl3O. The molecule has 0 N–H and O–H groups in total. The molecule has 0 heterocycles. The first-order valence-corrected chi connectivity index (χ1v) is 3.79. The van der Waals surface area contributed by atoms with Crippen LogP contribution in [0.15, 0.2) is 0 Å². The van der Waals surface area contributed by atoms with Crippen LogP contribution in [0.25, 0.3) is 0 Å². The summed E-state index contributed by atoms with van der Waals surface area (Å²) in [6.07, 6.45) is 1.07. The van der Waals surface area contributed by atoms with Crippen molar-refractivity contribution in [3.05, 3.63) is 0 Å². The summed E-state index contributed by atoms with van der Waals surface area (Å²) < 4.78 is -1.20. The van der Waals surface area contributed by atoms with Crippen LogP contribution in [0, 0.1) is 0 Å². The van der Waals surface area contributed by atoms with Crippen LogP contribution >= 0.6 is 34.8 Å². The van der Waals surface area contributed by atoms with E-state index in [1.54, 1.807) is 0 Å². The van der Waals surface area contributed by atoms with Crippen LogP contribution < -0.4 is 0 Å². The van der Waals surface area contributed by atoms with E-state index in [1.807, 2.05) is 0 Å². The first kappa shape index (κ1) is 7.64. The Kier molecular flexibility index (Phi) is 1.95. The number of halogens is 3. The number of alkyl halides is 3. The quantitative estimate of drug-likeness (QED) is 0.531. The van der Waals surface area contributed by atoms with Gasteiger partial charge in [0, 0.05) is 0 Å². The Morgan fingerprint density at radius 3 is 2.22 bits per heavy atom. The predicted molar refractivity (Wildman–Crippen MR) is 38.3 cm³/mol. The van der Waals surface area contributed by atoms with Crippen LogP contribution in [-0.2, 0) is 4.79 Å². The first-order valence-electron chi connectivity index (χ1n) is 2.60. The zero-order valence-electron chi connectivity index (χ0n) is 4.53. The average Bonchev–Trinajstić information content (AvgIpc) is 1.97. The Hall–Kier alpha value is 0.540. The molecule has 1 aliphatic carbocycles. The molecule has 1 atom stereocenters. The number of carbonyl (C=O) groups excluding carboxylic acids is 1. The van der Waals surface area contributed by atoms with Gasteiger partial charge in [0.2, 0.25) is 0 Å². The van der Waals surface area contributed by atoms with Crippen molar-refractivity contribution < 1.29 is 4.79 Å². The van der Waals surface area contributed by atoms with Crippen molar-refractivity contribution in [1.82, 2.24) is 0 Å². The lowest BCUT2D eigenvalue weighted by atomic mass is 10.3. The predicted octanol–water partition coefficient (Wildman–Crippen LogP) is 2.13. The van der Waals surface area contributed by atoms with Crippen molar-refractivity contribution in [3.63, 3.8) is 0 Å². The molecule has 1 aliphatic rings. The van der Waals surface area contributed by atoms with Crippen molar-refractivity contribution in [2.45, 2.75) is 22.6 Å². The molecule has 1 unspecified atom stereocenters. The smallest absolute Gasteiger partial charge is 0.186 e. The molecule has 1 fully saturated rings. The lowest BCUT2D eigenvalue weighted by Crippen LogP contribution is -2.22. The monoisotopic (exact) mass is 186 g/mol. The van der Waals surface area contributed by atoms with Crippen LogP contribution in [-0.4, -0.2) is 15.5 Å². The zero-order valence-corrected chi connectivity index (χ0v) is 6.80. The van der Waals surface area contributed by atoms with E-state index < -0.39 is 9.71 Å². The van der Waals surface area contributed by atoms with Crippen LogP contribution in [0.3, 0.4) is 0 Å². The number of Topliss-reactive ketones (excluding diaryl/α,β-unsaturated/α-hetero) is 1. The third kappa shape index (κ3) is 1.34. The topological polar surface area (TPSA) is 17.1 Å². The third-order valence-corrected chi connectivity index (χ3v) is 2.52. The normalized spacial score (nSPS) is 33.2.